The first-order valence-corrected chi connectivity index (χ1v) is 5.87. The van der Waals surface area contributed by atoms with Gasteiger partial charge in [-0.2, -0.15) is 0 Å². The van der Waals surface area contributed by atoms with Crippen LogP contribution >= 0.6 is 0 Å². The second-order valence-electron chi connectivity index (χ2n) is 4.35. The highest BCUT2D eigenvalue weighted by atomic mass is 19.1. The zero-order valence-corrected chi connectivity index (χ0v) is 9.97. The summed E-state index contributed by atoms with van der Waals surface area (Å²) in [6.07, 6.45) is 0.206. The number of benzene rings is 2. The van der Waals surface area contributed by atoms with E-state index in [1.165, 1.54) is 18.2 Å². The van der Waals surface area contributed by atoms with Crippen molar-refractivity contribution in [2.24, 2.45) is 0 Å². The van der Waals surface area contributed by atoms with Crippen molar-refractivity contribution in [3.63, 3.8) is 0 Å². The molecule has 2 aromatic carbocycles. The number of amides is 2. The molecule has 3 rings (SSSR count). The number of hydrogen-bond acceptors (Lipinski definition) is 2. The number of hydrogen-bond donors (Lipinski definition) is 0. The maximum absolute atomic E-state index is 13.2. The summed E-state index contributed by atoms with van der Waals surface area (Å²) in [6, 6.07) is 12.5. The molecule has 0 N–H and O–H groups in total. The van der Waals surface area contributed by atoms with Crippen molar-refractivity contribution in [1.82, 2.24) is 0 Å². The lowest BCUT2D eigenvalue weighted by Gasteiger charge is -2.15. The number of anilines is 1. The minimum Gasteiger partial charge on any atom is -0.274 e. The Balaban J connectivity index is 2.03. The van der Waals surface area contributed by atoms with Crippen LogP contribution in [0.25, 0.3) is 0 Å². The van der Waals surface area contributed by atoms with E-state index >= 15 is 0 Å². The zero-order chi connectivity index (χ0) is 13.4. The van der Waals surface area contributed by atoms with Gasteiger partial charge < -0.3 is 0 Å². The van der Waals surface area contributed by atoms with E-state index in [0.717, 1.165) is 16.5 Å². The molecular weight excluding hydrogens is 245 g/mol. The third-order valence-corrected chi connectivity index (χ3v) is 3.10. The van der Waals surface area contributed by atoms with Gasteiger partial charge in [0.05, 0.1) is 12.1 Å². The van der Waals surface area contributed by atoms with E-state index in [1.807, 2.05) is 12.1 Å². The van der Waals surface area contributed by atoms with Crippen LogP contribution in [-0.4, -0.2) is 11.8 Å². The van der Waals surface area contributed by atoms with Crippen LogP contribution in [0.2, 0.25) is 0 Å². The summed E-state index contributed by atoms with van der Waals surface area (Å²) in [5, 5.41) is 0. The van der Waals surface area contributed by atoms with Crippen LogP contribution in [0.4, 0.5) is 10.1 Å². The van der Waals surface area contributed by atoms with E-state index in [2.05, 4.69) is 0 Å². The van der Waals surface area contributed by atoms with Gasteiger partial charge in [-0.1, -0.05) is 24.3 Å². The Labute approximate surface area is 109 Å². The first-order valence-electron chi connectivity index (χ1n) is 5.87. The van der Waals surface area contributed by atoms with E-state index in [-0.39, 0.29) is 17.9 Å². The molecule has 0 aromatic heterocycles. The van der Waals surface area contributed by atoms with Crippen LogP contribution in [0.15, 0.2) is 48.5 Å². The molecule has 0 aliphatic carbocycles. The van der Waals surface area contributed by atoms with Crippen LogP contribution < -0.4 is 4.90 Å². The fourth-order valence-corrected chi connectivity index (χ4v) is 2.23. The molecule has 2 aromatic rings. The molecule has 0 saturated carbocycles. The van der Waals surface area contributed by atoms with Gasteiger partial charge in [-0.25, -0.2) is 9.29 Å². The maximum atomic E-state index is 13.2. The zero-order valence-electron chi connectivity index (χ0n) is 9.97. The van der Waals surface area contributed by atoms with Crippen LogP contribution in [0.1, 0.15) is 15.9 Å². The predicted octanol–water partition coefficient (Wildman–Crippen LogP) is 2.56. The number of rotatable bonds is 1. The predicted molar refractivity (Wildman–Crippen MR) is 68.4 cm³/mol. The summed E-state index contributed by atoms with van der Waals surface area (Å²) in [5.74, 6) is -1.27. The van der Waals surface area contributed by atoms with Crippen molar-refractivity contribution in [3.8, 4) is 0 Å². The van der Waals surface area contributed by atoms with E-state index < -0.39 is 11.7 Å². The van der Waals surface area contributed by atoms with Gasteiger partial charge in [0.2, 0.25) is 5.91 Å². The summed E-state index contributed by atoms with van der Waals surface area (Å²) >= 11 is 0. The molecule has 0 radical (unpaired) electrons. The number of fused-ring (bicyclic) bond motifs is 1. The second kappa shape index (κ2) is 4.31. The lowest BCUT2D eigenvalue weighted by atomic mass is 10.1. The van der Waals surface area contributed by atoms with Crippen LogP contribution in [-0.2, 0) is 11.2 Å². The third-order valence-electron chi connectivity index (χ3n) is 3.10. The Morgan fingerprint density at radius 1 is 1.11 bits per heavy atom. The smallest absolute Gasteiger partial charge is 0.265 e. The van der Waals surface area contributed by atoms with E-state index in [9.17, 15) is 14.0 Å². The molecule has 1 aliphatic rings. The van der Waals surface area contributed by atoms with Gasteiger partial charge in [0.25, 0.3) is 5.91 Å². The van der Waals surface area contributed by atoms with E-state index in [4.69, 9.17) is 0 Å². The normalized spacial score (nSPS) is 13.5. The van der Waals surface area contributed by atoms with E-state index in [1.54, 1.807) is 12.1 Å². The average Bonchev–Trinajstić information content (AvgIpc) is 2.74. The molecule has 0 atom stereocenters. The number of carbonyl (C=O) groups is 2. The number of nitrogens with zero attached hydrogens (tertiary/aromatic N) is 1. The Morgan fingerprint density at radius 2 is 1.89 bits per heavy atom. The lowest BCUT2D eigenvalue weighted by molar-refractivity contribution is -0.116. The van der Waals surface area contributed by atoms with Gasteiger partial charge in [0.15, 0.2) is 0 Å². The third kappa shape index (κ3) is 1.91. The Bertz CT molecular complexity index is 681. The van der Waals surface area contributed by atoms with Gasteiger partial charge in [-0.15, -0.1) is 0 Å². The van der Waals surface area contributed by atoms with E-state index in [0.29, 0.717) is 5.69 Å². The van der Waals surface area contributed by atoms with Crippen LogP contribution in [0.3, 0.4) is 0 Å². The molecule has 0 spiro atoms. The van der Waals surface area contributed by atoms with Crippen LogP contribution in [0.5, 0.6) is 0 Å². The number of carbonyl (C=O) groups excluding carboxylic acids is 2. The number of imide groups is 1. The van der Waals surface area contributed by atoms with Gasteiger partial charge in [0, 0.05) is 5.56 Å². The molecule has 3 nitrogen and oxygen atoms in total. The van der Waals surface area contributed by atoms with Gasteiger partial charge in [0.1, 0.15) is 5.82 Å². The molecule has 1 aliphatic heterocycles. The maximum Gasteiger partial charge on any atom is 0.265 e. The summed E-state index contributed by atoms with van der Waals surface area (Å²) < 4.78 is 13.2. The van der Waals surface area contributed by atoms with Gasteiger partial charge in [-0.05, 0) is 29.8 Å². The van der Waals surface area contributed by atoms with Crippen LogP contribution in [0, 0.1) is 5.82 Å². The summed E-state index contributed by atoms with van der Waals surface area (Å²) in [7, 11) is 0. The molecule has 0 bridgehead atoms. The van der Waals surface area contributed by atoms with Crippen molar-refractivity contribution in [3.05, 3.63) is 65.5 Å². The Hall–Kier alpha value is -2.49. The molecule has 0 unspecified atom stereocenters. The molecular formula is C15H10FNO2. The molecule has 4 heteroatoms. The largest absolute Gasteiger partial charge is 0.274 e. The van der Waals surface area contributed by atoms with Crippen molar-refractivity contribution < 1.29 is 14.0 Å². The Kier molecular flexibility index (Phi) is 2.63. The second-order valence-corrected chi connectivity index (χ2v) is 4.35. The summed E-state index contributed by atoms with van der Waals surface area (Å²) in [6.45, 7) is 0. The van der Waals surface area contributed by atoms with Crippen molar-refractivity contribution >= 4 is 17.5 Å². The Morgan fingerprint density at radius 3 is 2.68 bits per heavy atom. The minimum absolute atomic E-state index is 0.171. The lowest BCUT2D eigenvalue weighted by Crippen LogP contribution is -2.33. The summed E-state index contributed by atoms with van der Waals surface area (Å²) in [5.41, 5.74) is 1.57. The number of para-hydroxylation sites is 1. The molecule has 0 saturated heterocycles. The topological polar surface area (TPSA) is 37.4 Å². The van der Waals surface area contributed by atoms with Crippen molar-refractivity contribution in [1.29, 1.82) is 0 Å². The SMILES string of the molecule is O=C1Cc2ccccc2N1C(=O)c1cccc(F)c1. The standard InChI is InChI=1S/C15H10FNO2/c16-12-6-3-5-11(8-12)15(19)17-13-7-2-1-4-10(13)9-14(17)18/h1-8H,9H2. The molecule has 94 valence electrons. The highest BCUT2D eigenvalue weighted by Gasteiger charge is 2.32. The molecule has 19 heavy (non-hydrogen) atoms. The highest BCUT2D eigenvalue weighted by molar-refractivity contribution is 6.24. The first kappa shape index (κ1) is 11.6. The first-order chi connectivity index (χ1) is 9.16. The molecule has 0 fully saturated rings. The van der Waals surface area contributed by atoms with Gasteiger partial charge in [-0.3, -0.25) is 9.59 Å². The molecule has 2 amide bonds. The van der Waals surface area contributed by atoms with Crippen molar-refractivity contribution in [2.45, 2.75) is 6.42 Å². The van der Waals surface area contributed by atoms with Crippen molar-refractivity contribution in [2.75, 3.05) is 4.90 Å². The fourth-order valence-electron chi connectivity index (χ4n) is 2.23. The summed E-state index contributed by atoms with van der Waals surface area (Å²) in [4.78, 5) is 25.4. The minimum atomic E-state index is -0.495. The highest BCUT2D eigenvalue weighted by Crippen LogP contribution is 2.29. The number of halogens is 1. The monoisotopic (exact) mass is 255 g/mol. The fraction of sp³-hybridized carbons (Fsp3) is 0.0667. The quantitative estimate of drug-likeness (QED) is 0.734. The molecule has 1 heterocycles. The van der Waals surface area contributed by atoms with Gasteiger partial charge >= 0.3 is 0 Å². The average molecular weight is 255 g/mol.